The molecule has 0 aliphatic heterocycles. The first-order chi connectivity index (χ1) is 7.66. The lowest BCUT2D eigenvalue weighted by Gasteiger charge is -2.02. The number of aromatic amines is 1. The number of carbonyl (C=O) groups is 1. The van der Waals surface area contributed by atoms with Crippen LogP contribution in [0.5, 0.6) is 0 Å². The van der Waals surface area contributed by atoms with Crippen molar-refractivity contribution in [1.29, 1.82) is 0 Å². The van der Waals surface area contributed by atoms with Crippen LogP contribution in [0.4, 0.5) is 5.69 Å². The lowest BCUT2D eigenvalue weighted by atomic mass is 10.2. The Hall–Kier alpha value is -1.75. The minimum absolute atomic E-state index is 0.137. The van der Waals surface area contributed by atoms with Crippen molar-refractivity contribution in [3.8, 4) is 0 Å². The highest BCUT2D eigenvalue weighted by Gasteiger charge is 2.07. The van der Waals surface area contributed by atoms with Crippen LogP contribution in [0.15, 0.2) is 23.0 Å². The van der Waals surface area contributed by atoms with Crippen LogP contribution >= 0.6 is 11.3 Å². The quantitative estimate of drug-likeness (QED) is 0.760. The molecule has 5 heteroatoms. The van der Waals surface area contributed by atoms with Crippen LogP contribution in [0.1, 0.15) is 21.6 Å². The molecule has 2 rings (SSSR count). The SMILES string of the molecule is Cc1cscc1CNC(=O)c1cc(N)c[nH]1. The van der Waals surface area contributed by atoms with Gasteiger partial charge in [-0.15, -0.1) is 0 Å². The molecule has 2 aromatic rings. The molecule has 0 aliphatic rings. The molecule has 84 valence electrons. The van der Waals surface area contributed by atoms with Crippen LogP contribution in [0.3, 0.4) is 0 Å². The number of hydrogen-bond donors (Lipinski definition) is 3. The van der Waals surface area contributed by atoms with Gasteiger partial charge in [0.15, 0.2) is 0 Å². The van der Waals surface area contributed by atoms with E-state index in [4.69, 9.17) is 5.73 Å². The topological polar surface area (TPSA) is 70.9 Å². The number of anilines is 1. The van der Waals surface area contributed by atoms with Crippen LogP contribution in [-0.2, 0) is 6.54 Å². The number of hydrogen-bond acceptors (Lipinski definition) is 3. The normalized spacial score (nSPS) is 10.3. The Bertz CT molecular complexity index is 501. The van der Waals surface area contributed by atoms with Crippen molar-refractivity contribution in [2.24, 2.45) is 0 Å². The fraction of sp³-hybridized carbons (Fsp3) is 0.182. The monoisotopic (exact) mass is 235 g/mol. The second-order valence-electron chi connectivity index (χ2n) is 3.61. The Labute approximate surface area is 97.5 Å². The summed E-state index contributed by atoms with van der Waals surface area (Å²) in [6.45, 7) is 2.58. The molecule has 0 spiro atoms. The second-order valence-corrected chi connectivity index (χ2v) is 4.35. The van der Waals surface area contributed by atoms with E-state index in [9.17, 15) is 4.79 Å². The predicted molar refractivity (Wildman–Crippen MR) is 65.4 cm³/mol. The number of aromatic nitrogens is 1. The number of carbonyl (C=O) groups excluding carboxylic acids is 1. The van der Waals surface area contributed by atoms with Crippen molar-refractivity contribution in [3.05, 3.63) is 39.8 Å². The number of thiophene rings is 1. The van der Waals surface area contributed by atoms with Gasteiger partial charge < -0.3 is 16.0 Å². The van der Waals surface area contributed by atoms with E-state index in [1.807, 2.05) is 12.3 Å². The van der Waals surface area contributed by atoms with E-state index in [2.05, 4.69) is 15.7 Å². The number of amides is 1. The van der Waals surface area contributed by atoms with Crippen molar-refractivity contribution >= 4 is 22.9 Å². The lowest BCUT2D eigenvalue weighted by Crippen LogP contribution is -2.23. The van der Waals surface area contributed by atoms with Crippen molar-refractivity contribution in [2.45, 2.75) is 13.5 Å². The van der Waals surface area contributed by atoms with Crippen molar-refractivity contribution in [2.75, 3.05) is 5.73 Å². The Morgan fingerprint density at radius 3 is 2.94 bits per heavy atom. The summed E-state index contributed by atoms with van der Waals surface area (Å²) >= 11 is 1.64. The van der Waals surface area contributed by atoms with Gasteiger partial charge >= 0.3 is 0 Å². The first-order valence-electron chi connectivity index (χ1n) is 4.90. The molecule has 0 fully saturated rings. The zero-order chi connectivity index (χ0) is 11.5. The largest absolute Gasteiger partial charge is 0.397 e. The van der Waals surface area contributed by atoms with Crippen LogP contribution in [-0.4, -0.2) is 10.9 Å². The standard InChI is InChI=1S/C11H13N3OS/c1-7-5-16-6-8(7)3-14-11(15)10-2-9(12)4-13-10/h2,4-6,13H,3,12H2,1H3,(H,14,15). The predicted octanol–water partition coefficient (Wildman–Crippen LogP) is 1.90. The highest BCUT2D eigenvalue weighted by atomic mass is 32.1. The number of nitrogens with two attached hydrogens (primary N) is 1. The zero-order valence-electron chi connectivity index (χ0n) is 8.91. The van der Waals surface area contributed by atoms with Crippen LogP contribution in [0.25, 0.3) is 0 Å². The van der Waals surface area contributed by atoms with Gasteiger partial charge in [-0.2, -0.15) is 11.3 Å². The van der Waals surface area contributed by atoms with Gasteiger partial charge in [0.05, 0.1) is 0 Å². The van der Waals surface area contributed by atoms with E-state index in [-0.39, 0.29) is 5.91 Å². The van der Waals surface area contributed by atoms with Gasteiger partial charge in [0.25, 0.3) is 5.91 Å². The molecule has 4 N–H and O–H groups in total. The summed E-state index contributed by atoms with van der Waals surface area (Å²) in [4.78, 5) is 14.5. The van der Waals surface area contributed by atoms with Crippen molar-refractivity contribution < 1.29 is 4.79 Å². The molecule has 0 aromatic carbocycles. The highest BCUT2D eigenvalue weighted by Crippen LogP contribution is 2.13. The van der Waals surface area contributed by atoms with E-state index in [0.29, 0.717) is 17.9 Å². The maximum absolute atomic E-state index is 11.7. The van der Waals surface area contributed by atoms with Crippen LogP contribution < -0.4 is 11.1 Å². The maximum Gasteiger partial charge on any atom is 0.268 e. The van der Waals surface area contributed by atoms with Crippen molar-refractivity contribution in [3.63, 3.8) is 0 Å². The van der Waals surface area contributed by atoms with Crippen LogP contribution in [0, 0.1) is 6.92 Å². The highest BCUT2D eigenvalue weighted by molar-refractivity contribution is 7.08. The molecule has 2 heterocycles. The van der Waals surface area contributed by atoms with Crippen molar-refractivity contribution in [1.82, 2.24) is 10.3 Å². The fourth-order valence-corrected chi connectivity index (χ4v) is 2.24. The number of aryl methyl sites for hydroxylation is 1. The molecule has 4 nitrogen and oxygen atoms in total. The van der Waals surface area contributed by atoms with Gasteiger partial charge in [-0.25, -0.2) is 0 Å². The van der Waals surface area contributed by atoms with Gasteiger partial charge in [-0.05, 0) is 34.9 Å². The summed E-state index contributed by atoms with van der Waals surface area (Å²) in [6, 6.07) is 1.62. The van der Waals surface area contributed by atoms with E-state index in [1.165, 1.54) is 5.56 Å². The summed E-state index contributed by atoms with van der Waals surface area (Å²) in [5.41, 5.74) is 8.94. The van der Waals surface area contributed by atoms with Gasteiger partial charge in [-0.3, -0.25) is 4.79 Å². The zero-order valence-corrected chi connectivity index (χ0v) is 9.73. The molecule has 0 radical (unpaired) electrons. The molecule has 0 saturated heterocycles. The molecule has 0 atom stereocenters. The Kier molecular flexibility index (Phi) is 2.96. The fourth-order valence-electron chi connectivity index (χ4n) is 1.38. The molecule has 0 unspecified atom stereocenters. The molecule has 0 bridgehead atoms. The minimum Gasteiger partial charge on any atom is -0.397 e. The molecule has 0 saturated carbocycles. The number of H-pyrrole nitrogens is 1. The number of nitrogens with one attached hydrogen (secondary N) is 2. The third-order valence-electron chi connectivity index (χ3n) is 2.35. The Balaban J connectivity index is 1.96. The lowest BCUT2D eigenvalue weighted by molar-refractivity contribution is 0.0946. The van der Waals surface area contributed by atoms with Gasteiger partial charge in [0.1, 0.15) is 5.69 Å². The Morgan fingerprint density at radius 2 is 2.38 bits per heavy atom. The smallest absolute Gasteiger partial charge is 0.268 e. The van der Waals surface area contributed by atoms with Crippen LogP contribution in [0.2, 0.25) is 0 Å². The average molecular weight is 235 g/mol. The third-order valence-corrected chi connectivity index (χ3v) is 3.26. The molecule has 2 aromatic heterocycles. The molecule has 0 aliphatic carbocycles. The minimum atomic E-state index is -0.137. The maximum atomic E-state index is 11.7. The molecular weight excluding hydrogens is 222 g/mol. The van der Waals surface area contributed by atoms with E-state index < -0.39 is 0 Å². The molecule has 1 amide bonds. The average Bonchev–Trinajstić information content (AvgIpc) is 2.84. The van der Waals surface area contributed by atoms with Gasteiger partial charge in [0, 0.05) is 18.4 Å². The summed E-state index contributed by atoms with van der Waals surface area (Å²) in [6.07, 6.45) is 1.60. The van der Waals surface area contributed by atoms with Gasteiger partial charge in [-0.1, -0.05) is 0 Å². The van der Waals surface area contributed by atoms with E-state index in [1.54, 1.807) is 23.6 Å². The summed E-state index contributed by atoms with van der Waals surface area (Å²) in [7, 11) is 0. The van der Waals surface area contributed by atoms with Gasteiger partial charge in [0.2, 0.25) is 0 Å². The Morgan fingerprint density at radius 1 is 1.56 bits per heavy atom. The second kappa shape index (κ2) is 4.40. The number of nitrogen functional groups attached to an aromatic ring is 1. The summed E-state index contributed by atoms with van der Waals surface area (Å²) < 4.78 is 0. The molecular formula is C11H13N3OS. The van der Waals surface area contributed by atoms with E-state index in [0.717, 1.165) is 5.56 Å². The summed E-state index contributed by atoms with van der Waals surface area (Å²) in [5.74, 6) is -0.137. The summed E-state index contributed by atoms with van der Waals surface area (Å²) in [5, 5.41) is 6.94. The first kappa shape index (κ1) is 10.8. The third kappa shape index (κ3) is 2.25. The molecule has 16 heavy (non-hydrogen) atoms. The number of rotatable bonds is 3. The first-order valence-corrected chi connectivity index (χ1v) is 5.85. The van der Waals surface area contributed by atoms with E-state index >= 15 is 0 Å².